The molecule has 0 bridgehead atoms. The maximum atomic E-state index is 12.2. The first-order valence-electron chi connectivity index (χ1n) is 8.27. The number of ether oxygens (including phenoxy) is 1. The molecular formula is C18H19ClN2O4S. The third kappa shape index (κ3) is 4.23. The first kappa shape index (κ1) is 18.8. The number of nitrogens with zero attached hydrogens (tertiary/aromatic N) is 1. The summed E-state index contributed by atoms with van der Waals surface area (Å²) in [4.78, 5) is 28.3. The molecule has 8 heteroatoms. The van der Waals surface area contributed by atoms with Gasteiger partial charge in [0.1, 0.15) is 5.01 Å². The van der Waals surface area contributed by atoms with Gasteiger partial charge in [-0.2, -0.15) is 0 Å². The molecule has 6 nitrogen and oxygen atoms in total. The Hall–Kier alpha value is -1.96. The smallest absolute Gasteiger partial charge is 0.311 e. The predicted molar refractivity (Wildman–Crippen MR) is 99.4 cm³/mol. The van der Waals surface area contributed by atoms with Crippen molar-refractivity contribution in [2.24, 2.45) is 5.41 Å². The number of aromatic nitrogens is 1. The number of carboxylic acids is 1. The van der Waals surface area contributed by atoms with Gasteiger partial charge in [-0.25, -0.2) is 4.98 Å². The summed E-state index contributed by atoms with van der Waals surface area (Å²) in [5.41, 5.74) is 0.523. The second-order valence-electron chi connectivity index (χ2n) is 6.28. The first-order chi connectivity index (χ1) is 12.5. The molecule has 1 saturated heterocycles. The number of hydrogen-bond donors (Lipinski definition) is 2. The van der Waals surface area contributed by atoms with E-state index in [4.69, 9.17) is 16.3 Å². The summed E-state index contributed by atoms with van der Waals surface area (Å²) in [6.45, 7) is 0.900. The van der Waals surface area contributed by atoms with Gasteiger partial charge in [0.05, 0.1) is 22.6 Å². The Morgan fingerprint density at radius 1 is 1.31 bits per heavy atom. The molecule has 0 radical (unpaired) electrons. The number of halogens is 1. The first-order valence-corrected chi connectivity index (χ1v) is 9.53. The van der Waals surface area contributed by atoms with Gasteiger partial charge in [-0.05, 0) is 18.9 Å². The van der Waals surface area contributed by atoms with Crippen LogP contribution in [-0.4, -0.2) is 41.7 Å². The lowest BCUT2D eigenvalue weighted by atomic mass is 9.80. The molecule has 2 heterocycles. The van der Waals surface area contributed by atoms with Gasteiger partial charge in [-0.1, -0.05) is 29.8 Å². The van der Waals surface area contributed by atoms with Crippen LogP contribution in [0, 0.1) is 5.41 Å². The van der Waals surface area contributed by atoms with Crippen LogP contribution in [0.4, 0.5) is 0 Å². The van der Waals surface area contributed by atoms with Crippen LogP contribution in [0.1, 0.15) is 18.5 Å². The molecule has 26 heavy (non-hydrogen) atoms. The lowest BCUT2D eigenvalue weighted by Gasteiger charge is -2.33. The molecule has 2 aromatic rings. The number of amides is 1. The van der Waals surface area contributed by atoms with Crippen molar-refractivity contribution in [3.63, 3.8) is 0 Å². The summed E-state index contributed by atoms with van der Waals surface area (Å²) in [5.74, 6) is -1.14. The molecule has 0 aliphatic carbocycles. The number of thiazole rings is 1. The van der Waals surface area contributed by atoms with Crippen LogP contribution in [0.5, 0.6) is 0 Å². The van der Waals surface area contributed by atoms with E-state index in [1.54, 1.807) is 6.07 Å². The van der Waals surface area contributed by atoms with Crippen molar-refractivity contribution in [1.29, 1.82) is 0 Å². The van der Waals surface area contributed by atoms with Crippen LogP contribution >= 0.6 is 22.9 Å². The number of carbonyl (C=O) groups is 2. The fourth-order valence-corrected chi connectivity index (χ4v) is 4.01. The fourth-order valence-electron chi connectivity index (χ4n) is 2.87. The molecule has 0 spiro atoms. The van der Waals surface area contributed by atoms with E-state index in [-0.39, 0.29) is 18.9 Å². The van der Waals surface area contributed by atoms with Crippen molar-refractivity contribution in [2.45, 2.75) is 19.3 Å². The second-order valence-corrected chi connectivity index (χ2v) is 7.54. The fraction of sp³-hybridized carbons (Fsp3) is 0.389. The molecule has 0 unspecified atom stereocenters. The SMILES string of the molecule is O=C(Cc1csc(-c2ccccc2Cl)n1)NCC1(C(=O)O)CCOCC1. The normalized spacial score (nSPS) is 16.2. The molecule has 3 rings (SSSR count). The van der Waals surface area contributed by atoms with Crippen LogP contribution in [0.3, 0.4) is 0 Å². The molecular weight excluding hydrogens is 376 g/mol. The Bertz CT molecular complexity index is 802. The Labute approximate surface area is 160 Å². The number of aliphatic carboxylic acids is 1. The van der Waals surface area contributed by atoms with E-state index < -0.39 is 11.4 Å². The average molecular weight is 395 g/mol. The van der Waals surface area contributed by atoms with Crippen molar-refractivity contribution < 1.29 is 19.4 Å². The van der Waals surface area contributed by atoms with Crippen LogP contribution in [-0.2, 0) is 20.7 Å². The number of nitrogens with one attached hydrogen (secondary N) is 1. The Morgan fingerprint density at radius 3 is 2.73 bits per heavy atom. The third-order valence-corrected chi connectivity index (χ3v) is 5.78. The highest BCUT2D eigenvalue weighted by Gasteiger charge is 2.40. The maximum absolute atomic E-state index is 12.2. The zero-order valence-corrected chi connectivity index (χ0v) is 15.6. The second kappa shape index (κ2) is 8.16. The zero-order chi connectivity index (χ0) is 18.6. The van der Waals surface area contributed by atoms with E-state index in [0.29, 0.717) is 36.8 Å². The van der Waals surface area contributed by atoms with Gasteiger partial charge in [-0.15, -0.1) is 11.3 Å². The molecule has 1 aliphatic heterocycles. The predicted octanol–water partition coefficient (Wildman–Crippen LogP) is 3.00. The average Bonchev–Trinajstić information content (AvgIpc) is 3.09. The number of hydrogen-bond acceptors (Lipinski definition) is 5. The van der Waals surface area contributed by atoms with Gasteiger partial charge < -0.3 is 15.2 Å². The molecule has 1 aromatic carbocycles. The van der Waals surface area contributed by atoms with Crippen molar-refractivity contribution >= 4 is 34.8 Å². The summed E-state index contributed by atoms with van der Waals surface area (Å²) >= 11 is 7.60. The Kier molecular flexibility index (Phi) is 5.90. The topological polar surface area (TPSA) is 88.5 Å². The van der Waals surface area contributed by atoms with Crippen molar-refractivity contribution in [3.8, 4) is 10.6 Å². The maximum Gasteiger partial charge on any atom is 0.311 e. The molecule has 1 aromatic heterocycles. The van der Waals surface area contributed by atoms with Gasteiger partial charge in [0.15, 0.2) is 0 Å². The third-order valence-electron chi connectivity index (χ3n) is 4.53. The quantitative estimate of drug-likeness (QED) is 0.786. The number of carbonyl (C=O) groups excluding carboxylic acids is 1. The highest BCUT2D eigenvalue weighted by Crippen LogP contribution is 2.31. The van der Waals surface area contributed by atoms with Crippen molar-refractivity contribution in [2.75, 3.05) is 19.8 Å². The summed E-state index contributed by atoms with van der Waals surface area (Å²) in [6, 6.07) is 7.41. The van der Waals surface area contributed by atoms with Gasteiger partial charge in [-0.3, -0.25) is 9.59 Å². The van der Waals surface area contributed by atoms with Crippen LogP contribution in [0.25, 0.3) is 10.6 Å². The van der Waals surface area contributed by atoms with Crippen molar-refractivity contribution in [1.82, 2.24) is 10.3 Å². The van der Waals surface area contributed by atoms with E-state index in [1.807, 2.05) is 23.6 Å². The molecule has 138 valence electrons. The lowest BCUT2D eigenvalue weighted by molar-refractivity contribution is -0.154. The van der Waals surface area contributed by atoms with Crippen LogP contribution in [0.2, 0.25) is 5.02 Å². The van der Waals surface area contributed by atoms with Gasteiger partial charge in [0.2, 0.25) is 5.91 Å². The van der Waals surface area contributed by atoms with Crippen LogP contribution in [0.15, 0.2) is 29.6 Å². The van der Waals surface area contributed by atoms with E-state index >= 15 is 0 Å². The minimum Gasteiger partial charge on any atom is -0.481 e. The lowest BCUT2D eigenvalue weighted by Crippen LogP contribution is -2.46. The molecule has 2 N–H and O–H groups in total. The number of benzene rings is 1. The molecule has 1 aliphatic rings. The van der Waals surface area contributed by atoms with Gasteiger partial charge in [0.25, 0.3) is 0 Å². The molecule has 1 fully saturated rings. The Balaban J connectivity index is 1.60. The monoisotopic (exact) mass is 394 g/mol. The van der Waals surface area contributed by atoms with E-state index in [9.17, 15) is 14.7 Å². The van der Waals surface area contributed by atoms with E-state index in [2.05, 4.69) is 10.3 Å². The van der Waals surface area contributed by atoms with E-state index in [0.717, 1.165) is 10.6 Å². The molecule has 1 amide bonds. The molecule has 0 saturated carbocycles. The highest BCUT2D eigenvalue weighted by molar-refractivity contribution is 7.13. The minimum atomic E-state index is -0.946. The zero-order valence-electron chi connectivity index (χ0n) is 14.0. The van der Waals surface area contributed by atoms with Gasteiger partial charge in [0, 0.05) is 30.7 Å². The molecule has 0 atom stereocenters. The minimum absolute atomic E-state index is 0.103. The van der Waals surface area contributed by atoms with Crippen molar-refractivity contribution in [3.05, 3.63) is 40.4 Å². The Morgan fingerprint density at radius 2 is 2.04 bits per heavy atom. The summed E-state index contributed by atoms with van der Waals surface area (Å²) < 4.78 is 5.24. The standard InChI is InChI=1S/C18H19ClN2O4S/c19-14-4-2-1-3-13(14)16-21-12(10-26-16)9-15(22)20-11-18(17(23)24)5-7-25-8-6-18/h1-4,10H,5-9,11H2,(H,20,22)(H,23,24). The largest absolute Gasteiger partial charge is 0.481 e. The summed E-state index contributed by atoms with van der Waals surface area (Å²) in [5, 5.41) is 15.4. The van der Waals surface area contributed by atoms with Crippen LogP contribution < -0.4 is 5.32 Å². The summed E-state index contributed by atoms with van der Waals surface area (Å²) in [6.07, 6.45) is 0.902. The highest BCUT2D eigenvalue weighted by atomic mass is 35.5. The number of carboxylic acid groups (broad SMARTS) is 1. The van der Waals surface area contributed by atoms with Gasteiger partial charge >= 0.3 is 5.97 Å². The summed E-state index contributed by atoms with van der Waals surface area (Å²) in [7, 11) is 0. The van der Waals surface area contributed by atoms with E-state index in [1.165, 1.54) is 11.3 Å². The number of rotatable bonds is 6.